The van der Waals surface area contributed by atoms with Crippen molar-refractivity contribution in [3.63, 3.8) is 0 Å². The van der Waals surface area contributed by atoms with Crippen molar-refractivity contribution in [2.24, 2.45) is 0 Å². The highest BCUT2D eigenvalue weighted by Crippen LogP contribution is 2.28. The highest BCUT2D eigenvalue weighted by Gasteiger charge is 2.09. The smallest absolute Gasteiger partial charge is 0.147 e. The molecule has 0 fully saturated rings. The van der Waals surface area contributed by atoms with Crippen LogP contribution in [0.1, 0.15) is 0 Å². The second-order valence-corrected chi connectivity index (χ2v) is 6.72. The lowest BCUT2D eigenvalue weighted by atomic mass is 10.2. The molecule has 1 heterocycles. The van der Waals surface area contributed by atoms with E-state index in [1.54, 1.807) is 12.1 Å². The minimum absolute atomic E-state index is 0.356. The summed E-state index contributed by atoms with van der Waals surface area (Å²) in [5.74, 6) is 0.935. The molecule has 1 aromatic heterocycles. The Kier molecular flexibility index (Phi) is 5.45. The lowest BCUT2D eigenvalue weighted by molar-refractivity contribution is 0.261. The van der Waals surface area contributed by atoms with Crippen LogP contribution in [0.25, 0.3) is 10.9 Å². The Morgan fingerprint density at radius 1 is 1.16 bits per heavy atom. The highest BCUT2D eigenvalue weighted by atomic mass is 79.9. The number of fused-ring (bicyclic) bond motifs is 1. The molecule has 0 spiro atoms. The molecule has 0 aliphatic rings. The van der Waals surface area contributed by atoms with Gasteiger partial charge in [0.25, 0.3) is 0 Å². The van der Waals surface area contributed by atoms with Crippen LogP contribution >= 0.6 is 15.9 Å². The van der Waals surface area contributed by atoms with Gasteiger partial charge in [0, 0.05) is 22.5 Å². The van der Waals surface area contributed by atoms with Crippen LogP contribution in [-0.2, 0) is 0 Å². The van der Waals surface area contributed by atoms with Gasteiger partial charge in [-0.25, -0.2) is 14.4 Å². The number of hydrogen-bond acceptors (Lipinski definition) is 5. The molecule has 0 saturated heterocycles. The van der Waals surface area contributed by atoms with Crippen molar-refractivity contribution in [1.29, 1.82) is 0 Å². The number of benzene rings is 2. The van der Waals surface area contributed by atoms with Gasteiger partial charge >= 0.3 is 0 Å². The summed E-state index contributed by atoms with van der Waals surface area (Å²) >= 11 is 3.25. The van der Waals surface area contributed by atoms with Gasteiger partial charge in [0.1, 0.15) is 30.3 Å². The Bertz CT molecular complexity index is 888. The summed E-state index contributed by atoms with van der Waals surface area (Å²) < 4.78 is 20.5. The SMILES string of the molecule is CN(C)CCOc1ccc2c(Nc3ccc(Br)cc3F)ncnc2c1. The highest BCUT2D eigenvalue weighted by molar-refractivity contribution is 9.10. The van der Waals surface area contributed by atoms with E-state index in [4.69, 9.17) is 4.74 Å². The van der Waals surface area contributed by atoms with Gasteiger partial charge in [-0.3, -0.25) is 0 Å². The number of anilines is 2. The van der Waals surface area contributed by atoms with E-state index in [-0.39, 0.29) is 5.82 Å². The van der Waals surface area contributed by atoms with E-state index in [0.29, 0.717) is 22.6 Å². The number of ether oxygens (including phenoxy) is 1. The molecular weight excluding hydrogens is 387 g/mol. The van der Waals surface area contributed by atoms with Crippen molar-refractivity contribution in [2.75, 3.05) is 32.6 Å². The molecule has 3 rings (SSSR count). The fourth-order valence-corrected chi connectivity index (χ4v) is 2.62. The average molecular weight is 405 g/mol. The molecule has 7 heteroatoms. The Balaban J connectivity index is 1.84. The first-order valence-corrected chi connectivity index (χ1v) is 8.56. The van der Waals surface area contributed by atoms with Crippen LogP contribution < -0.4 is 10.1 Å². The topological polar surface area (TPSA) is 50.3 Å². The lowest BCUT2D eigenvalue weighted by Gasteiger charge is -2.12. The molecular formula is C18H18BrFN4O. The zero-order chi connectivity index (χ0) is 17.8. The summed E-state index contributed by atoms with van der Waals surface area (Å²) in [7, 11) is 3.99. The minimum atomic E-state index is -0.357. The number of likely N-dealkylation sites (N-methyl/N-ethyl adjacent to an activating group) is 1. The molecule has 0 amide bonds. The van der Waals surface area contributed by atoms with E-state index in [9.17, 15) is 4.39 Å². The second kappa shape index (κ2) is 7.76. The summed E-state index contributed by atoms with van der Waals surface area (Å²) in [5, 5.41) is 3.82. The van der Waals surface area contributed by atoms with E-state index in [1.165, 1.54) is 12.4 Å². The molecule has 0 bridgehead atoms. The molecule has 0 aliphatic carbocycles. The van der Waals surface area contributed by atoms with E-state index in [1.807, 2.05) is 32.3 Å². The molecule has 0 saturated carbocycles. The van der Waals surface area contributed by atoms with Gasteiger partial charge in [0.15, 0.2) is 0 Å². The second-order valence-electron chi connectivity index (χ2n) is 5.80. The third-order valence-corrected chi connectivity index (χ3v) is 4.09. The number of nitrogens with zero attached hydrogens (tertiary/aromatic N) is 3. The molecule has 2 aromatic carbocycles. The Labute approximate surface area is 154 Å². The van der Waals surface area contributed by atoms with Gasteiger partial charge in [0.05, 0.1) is 11.2 Å². The first-order valence-electron chi connectivity index (χ1n) is 7.77. The average Bonchev–Trinajstić information content (AvgIpc) is 2.57. The van der Waals surface area contributed by atoms with E-state index < -0.39 is 0 Å². The Morgan fingerprint density at radius 2 is 2.00 bits per heavy atom. The first-order chi connectivity index (χ1) is 12.0. The third-order valence-electron chi connectivity index (χ3n) is 3.60. The molecule has 5 nitrogen and oxygen atoms in total. The molecule has 0 radical (unpaired) electrons. The molecule has 0 unspecified atom stereocenters. The largest absolute Gasteiger partial charge is 0.492 e. The fourth-order valence-electron chi connectivity index (χ4n) is 2.29. The monoisotopic (exact) mass is 404 g/mol. The van der Waals surface area contributed by atoms with Crippen LogP contribution in [0.4, 0.5) is 15.9 Å². The van der Waals surface area contributed by atoms with Crippen molar-refractivity contribution in [3.8, 4) is 5.75 Å². The van der Waals surface area contributed by atoms with Gasteiger partial charge < -0.3 is 15.0 Å². The maximum Gasteiger partial charge on any atom is 0.147 e. The van der Waals surface area contributed by atoms with E-state index >= 15 is 0 Å². The van der Waals surface area contributed by atoms with Crippen LogP contribution in [0.15, 0.2) is 47.2 Å². The van der Waals surface area contributed by atoms with Crippen LogP contribution in [0.2, 0.25) is 0 Å². The number of aromatic nitrogens is 2. The lowest BCUT2D eigenvalue weighted by Crippen LogP contribution is -2.19. The molecule has 0 aliphatic heterocycles. The summed E-state index contributed by atoms with van der Waals surface area (Å²) in [6.07, 6.45) is 1.45. The van der Waals surface area contributed by atoms with Crippen molar-refractivity contribution >= 4 is 38.3 Å². The number of hydrogen-bond donors (Lipinski definition) is 1. The van der Waals surface area contributed by atoms with Crippen molar-refractivity contribution < 1.29 is 9.13 Å². The summed E-state index contributed by atoms with van der Waals surface area (Å²) in [6.45, 7) is 1.43. The molecule has 0 atom stereocenters. The van der Waals surface area contributed by atoms with Crippen LogP contribution in [0, 0.1) is 5.82 Å². The van der Waals surface area contributed by atoms with Gasteiger partial charge in [-0.05, 0) is 44.4 Å². The van der Waals surface area contributed by atoms with Crippen molar-refractivity contribution in [2.45, 2.75) is 0 Å². The van der Waals surface area contributed by atoms with Crippen LogP contribution in [0.5, 0.6) is 5.75 Å². The summed E-state index contributed by atoms with van der Waals surface area (Å²) in [4.78, 5) is 10.6. The quantitative estimate of drug-likeness (QED) is 0.666. The van der Waals surface area contributed by atoms with Gasteiger partial charge in [-0.15, -0.1) is 0 Å². The van der Waals surface area contributed by atoms with E-state index in [2.05, 4.69) is 36.1 Å². The Morgan fingerprint density at radius 3 is 2.76 bits per heavy atom. The molecule has 25 heavy (non-hydrogen) atoms. The number of nitrogens with one attached hydrogen (secondary N) is 1. The standard InChI is InChI=1S/C18H18BrFN4O/c1-24(2)7-8-25-13-4-5-14-17(10-13)21-11-22-18(14)23-16-6-3-12(19)9-15(16)20/h3-6,9-11H,7-8H2,1-2H3,(H,21,22,23). The predicted molar refractivity (Wildman–Crippen MR) is 101 cm³/mol. The first kappa shape index (κ1) is 17.6. The Hall–Kier alpha value is -2.25. The molecule has 3 aromatic rings. The van der Waals surface area contributed by atoms with E-state index in [0.717, 1.165) is 23.2 Å². The maximum atomic E-state index is 14.0. The third kappa shape index (κ3) is 4.43. The number of rotatable bonds is 6. The van der Waals surface area contributed by atoms with Crippen molar-refractivity contribution in [3.05, 3.63) is 53.0 Å². The van der Waals surface area contributed by atoms with Gasteiger partial charge in [-0.1, -0.05) is 15.9 Å². The summed E-state index contributed by atoms with van der Waals surface area (Å²) in [5.41, 5.74) is 1.09. The maximum absolute atomic E-state index is 14.0. The van der Waals surface area contributed by atoms with Crippen LogP contribution in [-0.4, -0.2) is 42.1 Å². The van der Waals surface area contributed by atoms with Crippen molar-refractivity contribution in [1.82, 2.24) is 14.9 Å². The zero-order valence-corrected chi connectivity index (χ0v) is 15.5. The summed E-state index contributed by atoms with van der Waals surface area (Å²) in [6, 6.07) is 10.4. The number of halogens is 2. The molecule has 130 valence electrons. The predicted octanol–water partition coefficient (Wildman–Crippen LogP) is 4.22. The van der Waals surface area contributed by atoms with Gasteiger partial charge in [-0.2, -0.15) is 0 Å². The molecule has 1 N–H and O–H groups in total. The van der Waals surface area contributed by atoms with Crippen LogP contribution in [0.3, 0.4) is 0 Å². The normalized spacial score (nSPS) is 11.1. The van der Waals surface area contributed by atoms with Gasteiger partial charge in [0.2, 0.25) is 0 Å². The zero-order valence-electron chi connectivity index (χ0n) is 14.0. The fraction of sp³-hybridized carbons (Fsp3) is 0.222. The minimum Gasteiger partial charge on any atom is -0.492 e.